The van der Waals surface area contributed by atoms with Gasteiger partial charge in [-0.3, -0.25) is 0 Å². The number of methoxy groups -OCH3 is 1. The average Bonchev–Trinajstić information content (AvgIpc) is 3.61. The summed E-state index contributed by atoms with van der Waals surface area (Å²) in [6.07, 6.45) is 9.62. The Hall–Kier alpha value is -4.13. The van der Waals surface area contributed by atoms with Crippen molar-refractivity contribution in [2.75, 3.05) is 17.7 Å². The van der Waals surface area contributed by atoms with E-state index < -0.39 is 0 Å². The van der Waals surface area contributed by atoms with Crippen molar-refractivity contribution >= 4 is 28.5 Å². The number of rotatable bonds is 6. The second kappa shape index (κ2) is 8.91. The lowest BCUT2D eigenvalue weighted by Crippen LogP contribution is -2.23. The molecule has 3 aromatic heterocycles. The molecule has 4 heterocycles. The van der Waals surface area contributed by atoms with Gasteiger partial charge in [0.25, 0.3) is 0 Å². The largest absolute Gasteiger partial charge is 0.495 e. The Balaban J connectivity index is 1.34. The van der Waals surface area contributed by atoms with Crippen molar-refractivity contribution in [3.8, 4) is 23.2 Å². The molecule has 10 heteroatoms. The maximum absolute atomic E-state index is 9.59. The molecule has 1 aliphatic carbocycles. The number of fused-ring (bicyclic) bond motifs is 2. The standard InChI is InChI=1S/C25H27N9O/c1-35-19-12-15(24-33-32-20-8-5-11-34(20)24)9-10-18(19)29-25-30-22-21(16(13-26)14-27-22)23(31-25)28-17-6-3-2-4-7-17/h9-10,12,14,17H,2-8,11H2,1H3,(H3,27,28,29,30,31). The number of hydrogen-bond donors (Lipinski definition) is 3. The molecule has 0 saturated heterocycles. The zero-order chi connectivity index (χ0) is 23.8. The monoisotopic (exact) mass is 469 g/mol. The van der Waals surface area contributed by atoms with Crippen LogP contribution in [0.25, 0.3) is 22.4 Å². The zero-order valence-corrected chi connectivity index (χ0v) is 19.6. The summed E-state index contributed by atoms with van der Waals surface area (Å²) in [4.78, 5) is 12.5. The molecule has 4 aromatic rings. The lowest BCUT2D eigenvalue weighted by Gasteiger charge is -2.24. The number of nitriles is 1. The molecule has 1 fully saturated rings. The van der Waals surface area contributed by atoms with Crippen molar-refractivity contribution in [2.24, 2.45) is 0 Å². The minimum atomic E-state index is 0.342. The van der Waals surface area contributed by atoms with Crippen LogP contribution in [0.15, 0.2) is 24.4 Å². The van der Waals surface area contributed by atoms with E-state index >= 15 is 0 Å². The Labute approximate surface area is 202 Å². The molecule has 1 aromatic carbocycles. The van der Waals surface area contributed by atoms with Crippen molar-refractivity contribution in [1.82, 2.24) is 29.7 Å². The first kappa shape index (κ1) is 21.4. The van der Waals surface area contributed by atoms with E-state index in [1.807, 2.05) is 18.2 Å². The Morgan fingerprint density at radius 3 is 2.86 bits per heavy atom. The van der Waals surface area contributed by atoms with Crippen LogP contribution in [0.5, 0.6) is 5.75 Å². The molecule has 35 heavy (non-hydrogen) atoms. The van der Waals surface area contributed by atoms with Crippen molar-refractivity contribution < 1.29 is 4.74 Å². The van der Waals surface area contributed by atoms with Gasteiger partial charge in [0, 0.05) is 30.8 Å². The number of aromatic nitrogens is 6. The third kappa shape index (κ3) is 3.93. The number of H-pyrrole nitrogens is 1. The fourth-order valence-corrected chi connectivity index (χ4v) is 5.14. The quantitative estimate of drug-likeness (QED) is 0.376. The van der Waals surface area contributed by atoms with Gasteiger partial charge in [0.05, 0.1) is 23.7 Å². The minimum absolute atomic E-state index is 0.342. The van der Waals surface area contributed by atoms with Gasteiger partial charge in [-0.1, -0.05) is 19.3 Å². The van der Waals surface area contributed by atoms with Crippen molar-refractivity contribution in [1.29, 1.82) is 5.26 Å². The van der Waals surface area contributed by atoms with E-state index in [0.29, 0.717) is 34.8 Å². The zero-order valence-electron chi connectivity index (χ0n) is 19.6. The van der Waals surface area contributed by atoms with Gasteiger partial charge in [0.1, 0.15) is 29.1 Å². The summed E-state index contributed by atoms with van der Waals surface area (Å²) in [5.74, 6) is 3.65. The molecule has 0 spiro atoms. The molecule has 10 nitrogen and oxygen atoms in total. The second-order valence-corrected chi connectivity index (χ2v) is 9.15. The third-order valence-corrected chi connectivity index (χ3v) is 6.91. The predicted octanol–water partition coefficient (Wildman–Crippen LogP) is 4.53. The summed E-state index contributed by atoms with van der Waals surface area (Å²) in [7, 11) is 1.64. The van der Waals surface area contributed by atoms with Crippen LogP contribution in [0.4, 0.5) is 17.5 Å². The van der Waals surface area contributed by atoms with E-state index in [1.165, 1.54) is 19.3 Å². The molecule has 178 valence electrons. The molecule has 0 radical (unpaired) electrons. The van der Waals surface area contributed by atoms with Crippen molar-refractivity contribution in [2.45, 2.75) is 57.5 Å². The van der Waals surface area contributed by atoms with Gasteiger partial charge in [0.15, 0.2) is 5.82 Å². The van der Waals surface area contributed by atoms with E-state index in [0.717, 1.165) is 60.5 Å². The van der Waals surface area contributed by atoms with E-state index in [2.05, 4.69) is 41.4 Å². The van der Waals surface area contributed by atoms with Crippen molar-refractivity contribution in [3.05, 3.63) is 35.8 Å². The SMILES string of the molecule is COc1cc(-c2nnc3n2CCC3)ccc1Nc1nc(NC2CCCCC2)c2c(C#N)c[nH]c2n1. The van der Waals surface area contributed by atoms with Crippen LogP contribution in [0.1, 0.15) is 49.9 Å². The smallest absolute Gasteiger partial charge is 0.231 e. The Morgan fingerprint density at radius 1 is 1.14 bits per heavy atom. The normalized spacial score (nSPS) is 15.7. The predicted molar refractivity (Wildman–Crippen MR) is 133 cm³/mol. The van der Waals surface area contributed by atoms with E-state index in [9.17, 15) is 5.26 Å². The summed E-state index contributed by atoms with van der Waals surface area (Å²) < 4.78 is 7.86. The first-order valence-corrected chi connectivity index (χ1v) is 12.2. The van der Waals surface area contributed by atoms with Crippen LogP contribution >= 0.6 is 0 Å². The van der Waals surface area contributed by atoms with Gasteiger partial charge in [0.2, 0.25) is 5.95 Å². The summed E-state index contributed by atoms with van der Waals surface area (Å²) in [6.45, 7) is 0.936. The first-order chi connectivity index (χ1) is 17.2. The molecule has 2 aliphatic rings. The van der Waals surface area contributed by atoms with Crippen LogP contribution in [0.3, 0.4) is 0 Å². The average molecular weight is 470 g/mol. The highest BCUT2D eigenvalue weighted by Crippen LogP contribution is 2.34. The van der Waals surface area contributed by atoms with E-state index in [1.54, 1.807) is 13.3 Å². The summed E-state index contributed by atoms with van der Waals surface area (Å²) in [5, 5.41) is 25.9. The number of anilines is 3. The lowest BCUT2D eigenvalue weighted by molar-refractivity contribution is 0.417. The highest BCUT2D eigenvalue weighted by Gasteiger charge is 2.21. The molecule has 0 atom stereocenters. The molecular formula is C25H27N9O. The number of ether oxygens (including phenoxy) is 1. The molecular weight excluding hydrogens is 442 g/mol. The highest BCUT2D eigenvalue weighted by atomic mass is 16.5. The van der Waals surface area contributed by atoms with Crippen LogP contribution in [0.2, 0.25) is 0 Å². The number of aryl methyl sites for hydroxylation is 1. The Bertz CT molecular complexity index is 1420. The number of nitrogens with zero attached hydrogens (tertiary/aromatic N) is 6. The van der Waals surface area contributed by atoms with Gasteiger partial charge in [-0.15, -0.1) is 10.2 Å². The number of nitrogens with one attached hydrogen (secondary N) is 3. The molecule has 0 amide bonds. The van der Waals surface area contributed by atoms with Crippen LogP contribution in [-0.4, -0.2) is 42.9 Å². The highest BCUT2D eigenvalue weighted by molar-refractivity contribution is 5.93. The fourth-order valence-electron chi connectivity index (χ4n) is 5.14. The maximum Gasteiger partial charge on any atom is 0.231 e. The summed E-state index contributed by atoms with van der Waals surface area (Å²) >= 11 is 0. The Kier molecular flexibility index (Phi) is 5.45. The third-order valence-electron chi connectivity index (χ3n) is 6.91. The molecule has 1 aliphatic heterocycles. The number of hydrogen-bond acceptors (Lipinski definition) is 8. The van der Waals surface area contributed by atoms with Gasteiger partial charge in [-0.05, 0) is 37.5 Å². The van der Waals surface area contributed by atoms with Crippen LogP contribution in [-0.2, 0) is 13.0 Å². The molecule has 1 saturated carbocycles. The summed E-state index contributed by atoms with van der Waals surface area (Å²) in [6, 6.07) is 8.50. The van der Waals surface area contributed by atoms with Crippen molar-refractivity contribution in [3.63, 3.8) is 0 Å². The number of aromatic amines is 1. The van der Waals surface area contributed by atoms with Gasteiger partial charge in [-0.25, -0.2) is 0 Å². The van der Waals surface area contributed by atoms with Crippen LogP contribution in [0, 0.1) is 11.3 Å². The fraction of sp³-hybridized carbons (Fsp3) is 0.400. The van der Waals surface area contributed by atoms with Gasteiger partial charge in [-0.2, -0.15) is 15.2 Å². The summed E-state index contributed by atoms with van der Waals surface area (Å²) in [5.41, 5.74) is 2.85. The first-order valence-electron chi connectivity index (χ1n) is 12.2. The maximum atomic E-state index is 9.59. The topological polar surface area (TPSA) is 129 Å². The second-order valence-electron chi connectivity index (χ2n) is 9.15. The van der Waals surface area contributed by atoms with E-state index in [4.69, 9.17) is 9.72 Å². The minimum Gasteiger partial charge on any atom is -0.495 e. The lowest BCUT2D eigenvalue weighted by atomic mass is 9.95. The van der Waals surface area contributed by atoms with Gasteiger partial charge >= 0.3 is 0 Å². The van der Waals surface area contributed by atoms with Crippen LogP contribution < -0.4 is 15.4 Å². The molecule has 3 N–H and O–H groups in total. The molecule has 0 unspecified atom stereocenters. The number of benzene rings is 1. The Morgan fingerprint density at radius 2 is 2.03 bits per heavy atom. The van der Waals surface area contributed by atoms with Gasteiger partial charge < -0.3 is 24.9 Å². The van der Waals surface area contributed by atoms with E-state index in [-0.39, 0.29) is 0 Å². The molecule has 0 bridgehead atoms. The molecule has 6 rings (SSSR count).